The molecule has 21 heavy (non-hydrogen) atoms. The number of likely N-dealkylation sites (tertiary alicyclic amines) is 1. The molecule has 1 amide bonds. The van der Waals surface area contributed by atoms with Gasteiger partial charge in [0.1, 0.15) is 0 Å². The van der Waals surface area contributed by atoms with E-state index in [0.29, 0.717) is 24.7 Å². The first-order valence-electron chi connectivity index (χ1n) is 7.72. The number of hydrogen-bond acceptors (Lipinski definition) is 4. The van der Waals surface area contributed by atoms with Gasteiger partial charge in [-0.2, -0.15) is 5.10 Å². The largest absolute Gasteiger partial charge is 0.396 e. The number of hydrogen-bond donors (Lipinski definition) is 2. The van der Waals surface area contributed by atoms with E-state index in [1.54, 1.807) is 0 Å². The van der Waals surface area contributed by atoms with Crippen molar-refractivity contribution in [1.82, 2.24) is 15.1 Å². The van der Waals surface area contributed by atoms with Gasteiger partial charge in [0.25, 0.3) is 5.91 Å². The normalized spacial score (nSPS) is 26.7. The van der Waals surface area contributed by atoms with E-state index in [1.165, 1.54) is 0 Å². The number of aromatic amines is 1. The fraction of sp³-hybridized carbons (Fsp3) is 0.733. The van der Waals surface area contributed by atoms with Crippen LogP contribution in [0.25, 0.3) is 0 Å². The molecule has 0 bridgehead atoms. The number of aliphatic hydroxyl groups excluding tert-OH is 1. The van der Waals surface area contributed by atoms with Crippen LogP contribution in [0.3, 0.4) is 0 Å². The number of aliphatic hydroxyl groups is 1. The molecule has 116 valence electrons. The van der Waals surface area contributed by atoms with Gasteiger partial charge in [0.05, 0.1) is 17.9 Å². The molecule has 3 heterocycles. The zero-order valence-corrected chi connectivity index (χ0v) is 12.6. The van der Waals surface area contributed by atoms with Gasteiger partial charge in [0.2, 0.25) is 0 Å². The Morgan fingerprint density at radius 2 is 2.14 bits per heavy atom. The minimum Gasteiger partial charge on any atom is -0.396 e. The SMILES string of the molecule is C[C@@H]1Cc2c(C(=O)N3CCC(CO)CC3)n[nH]c2[C@H](C)O1. The fourth-order valence-electron chi connectivity index (χ4n) is 3.32. The average Bonchev–Trinajstić information content (AvgIpc) is 2.90. The third-order valence-electron chi connectivity index (χ3n) is 4.60. The highest BCUT2D eigenvalue weighted by Gasteiger charge is 2.32. The molecule has 0 aliphatic carbocycles. The van der Waals surface area contributed by atoms with E-state index in [2.05, 4.69) is 10.2 Å². The third-order valence-corrected chi connectivity index (χ3v) is 4.60. The van der Waals surface area contributed by atoms with Crippen molar-refractivity contribution in [3.8, 4) is 0 Å². The van der Waals surface area contributed by atoms with Gasteiger partial charge in [-0.3, -0.25) is 9.89 Å². The molecule has 0 spiro atoms. The summed E-state index contributed by atoms with van der Waals surface area (Å²) in [6, 6.07) is 0. The van der Waals surface area contributed by atoms with Gasteiger partial charge in [0, 0.05) is 31.7 Å². The second kappa shape index (κ2) is 5.77. The van der Waals surface area contributed by atoms with Crippen LogP contribution in [-0.4, -0.2) is 51.9 Å². The molecular weight excluding hydrogens is 270 g/mol. The van der Waals surface area contributed by atoms with Crippen LogP contribution in [0.15, 0.2) is 0 Å². The minimum absolute atomic E-state index is 0.00481. The topological polar surface area (TPSA) is 78.5 Å². The summed E-state index contributed by atoms with van der Waals surface area (Å²) < 4.78 is 5.76. The van der Waals surface area contributed by atoms with Gasteiger partial charge in [0.15, 0.2) is 5.69 Å². The zero-order chi connectivity index (χ0) is 15.0. The molecule has 0 unspecified atom stereocenters. The maximum atomic E-state index is 12.7. The summed E-state index contributed by atoms with van der Waals surface area (Å²) >= 11 is 0. The summed E-state index contributed by atoms with van der Waals surface area (Å²) in [4.78, 5) is 14.5. The lowest BCUT2D eigenvalue weighted by molar-refractivity contribution is -0.00704. The summed E-state index contributed by atoms with van der Waals surface area (Å²) in [6.07, 6.45) is 2.52. The number of amides is 1. The molecule has 6 heteroatoms. The molecule has 2 aliphatic rings. The van der Waals surface area contributed by atoms with Crippen LogP contribution in [0, 0.1) is 5.92 Å². The van der Waals surface area contributed by atoms with Crippen LogP contribution in [0.5, 0.6) is 0 Å². The predicted octanol–water partition coefficient (Wildman–Crippen LogP) is 1.28. The molecule has 0 radical (unpaired) electrons. The summed E-state index contributed by atoms with van der Waals surface area (Å²) in [6.45, 7) is 5.62. The van der Waals surface area contributed by atoms with Crippen molar-refractivity contribution in [2.45, 2.75) is 45.3 Å². The average molecular weight is 293 g/mol. The van der Waals surface area contributed by atoms with Gasteiger partial charge < -0.3 is 14.7 Å². The Hall–Kier alpha value is -1.40. The molecule has 6 nitrogen and oxygen atoms in total. The summed E-state index contributed by atoms with van der Waals surface area (Å²) in [5.41, 5.74) is 2.49. The van der Waals surface area contributed by atoms with E-state index >= 15 is 0 Å². The van der Waals surface area contributed by atoms with Crippen molar-refractivity contribution in [2.24, 2.45) is 5.92 Å². The van der Waals surface area contributed by atoms with E-state index < -0.39 is 0 Å². The van der Waals surface area contributed by atoms with E-state index in [9.17, 15) is 9.90 Å². The molecule has 1 saturated heterocycles. The number of ether oxygens (including phenoxy) is 1. The molecule has 2 atom stereocenters. The molecule has 0 saturated carbocycles. The molecule has 3 rings (SSSR count). The second-order valence-electron chi connectivity index (χ2n) is 6.18. The molecule has 1 aromatic rings. The summed E-state index contributed by atoms with van der Waals surface area (Å²) in [5.74, 6) is 0.334. The van der Waals surface area contributed by atoms with Gasteiger partial charge in [-0.1, -0.05) is 0 Å². The number of nitrogens with zero attached hydrogens (tertiary/aromatic N) is 2. The van der Waals surface area contributed by atoms with Crippen LogP contribution >= 0.6 is 0 Å². The molecule has 0 aromatic carbocycles. The number of aromatic nitrogens is 2. The van der Waals surface area contributed by atoms with Gasteiger partial charge >= 0.3 is 0 Å². The van der Waals surface area contributed by atoms with Crippen LogP contribution in [0.1, 0.15) is 54.5 Å². The standard InChI is InChI=1S/C15H23N3O3/c1-9-7-12-13(10(2)21-9)16-17-14(12)15(20)18-5-3-11(8-19)4-6-18/h9-11,19H,3-8H2,1-2H3,(H,16,17)/t9-,10+/m1/s1. The lowest BCUT2D eigenvalue weighted by atomic mass is 9.96. The van der Waals surface area contributed by atoms with Crippen molar-refractivity contribution in [3.63, 3.8) is 0 Å². The highest BCUT2D eigenvalue weighted by Crippen LogP contribution is 2.31. The van der Waals surface area contributed by atoms with Crippen molar-refractivity contribution in [3.05, 3.63) is 17.0 Å². The molecular formula is C15H23N3O3. The van der Waals surface area contributed by atoms with Gasteiger partial charge in [-0.15, -0.1) is 0 Å². The van der Waals surface area contributed by atoms with E-state index in [1.807, 2.05) is 18.7 Å². The second-order valence-corrected chi connectivity index (χ2v) is 6.18. The lowest BCUT2D eigenvalue weighted by Crippen LogP contribution is -2.40. The van der Waals surface area contributed by atoms with E-state index in [0.717, 1.165) is 30.5 Å². The number of fused-ring (bicyclic) bond motifs is 1. The Balaban J connectivity index is 1.77. The van der Waals surface area contributed by atoms with Crippen molar-refractivity contribution < 1.29 is 14.6 Å². The maximum Gasteiger partial charge on any atom is 0.274 e. The van der Waals surface area contributed by atoms with Crippen LogP contribution < -0.4 is 0 Å². The highest BCUT2D eigenvalue weighted by molar-refractivity contribution is 5.94. The monoisotopic (exact) mass is 293 g/mol. The molecule has 2 aliphatic heterocycles. The third kappa shape index (κ3) is 2.70. The fourth-order valence-corrected chi connectivity index (χ4v) is 3.32. The number of carbonyl (C=O) groups excluding carboxylic acids is 1. The van der Waals surface area contributed by atoms with Crippen molar-refractivity contribution in [1.29, 1.82) is 0 Å². The van der Waals surface area contributed by atoms with Gasteiger partial charge in [-0.25, -0.2) is 0 Å². The first kappa shape index (κ1) is 14.5. The van der Waals surface area contributed by atoms with Crippen LogP contribution in [0.4, 0.5) is 0 Å². The number of piperidine rings is 1. The molecule has 1 aromatic heterocycles. The number of rotatable bonds is 2. The Kier molecular flexibility index (Phi) is 3.99. The van der Waals surface area contributed by atoms with Gasteiger partial charge in [-0.05, 0) is 32.6 Å². The molecule has 2 N–H and O–H groups in total. The molecule has 1 fully saturated rings. The maximum absolute atomic E-state index is 12.7. The predicted molar refractivity (Wildman–Crippen MR) is 77.0 cm³/mol. The first-order valence-corrected chi connectivity index (χ1v) is 7.72. The van der Waals surface area contributed by atoms with Crippen LogP contribution in [-0.2, 0) is 11.2 Å². The first-order chi connectivity index (χ1) is 10.1. The number of nitrogens with one attached hydrogen (secondary N) is 1. The quantitative estimate of drug-likeness (QED) is 0.861. The smallest absolute Gasteiger partial charge is 0.274 e. The highest BCUT2D eigenvalue weighted by atomic mass is 16.5. The Bertz CT molecular complexity index is 520. The Morgan fingerprint density at radius 1 is 1.43 bits per heavy atom. The Labute approximate surface area is 124 Å². The van der Waals surface area contributed by atoms with E-state index in [-0.39, 0.29) is 24.7 Å². The zero-order valence-electron chi connectivity index (χ0n) is 12.6. The summed E-state index contributed by atoms with van der Waals surface area (Å²) in [5, 5.41) is 16.4. The van der Waals surface area contributed by atoms with Crippen molar-refractivity contribution >= 4 is 5.91 Å². The number of carbonyl (C=O) groups is 1. The minimum atomic E-state index is -0.0436. The Morgan fingerprint density at radius 3 is 2.81 bits per heavy atom. The summed E-state index contributed by atoms with van der Waals surface area (Å²) in [7, 11) is 0. The lowest BCUT2D eigenvalue weighted by Gasteiger charge is -2.31. The van der Waals surface area contributed by atoms with Crippen LogP contribution in [0.2, 0.25) is 0 Å². The van der Waals surface area contributed by atoms with Crippen molar-refractivity contribution in [2.75, 3.05) is 19.7 Å². The van der Waals surface area contributed by atoms with E-state index in [4.69, 9.17) is 4.74 Å². The number of H-pyrrole nitrogens is 1.